The van der Waals surface area contributed by atoms with Gasteiger partial charge in [0.2, 0.25) is 6.41 Å². The van der Waals surface area contributed by atoms with Gasteiger partial charge in [0.25, 0.3) is 0 Å². The van der Waals surface area contributed by atoms with Crippen LogP contribution in [0.1, 0.15) is 25.1 Å². The molecule has 0 bridgehead atoms. The summed E-state index contributed by atoms with van der Waals surface area (Å²) >= 11 is 0. The van der Waals surface area contributed by atoms with E-state index in [0.717, 1.165) is 28.8 Å². The maximum atomic E-state index is 12.1. The number of benzene rings is 2. The highest BCUT2D eigenvalue weighted by Crippen LogP contribution is 2.30. The molecule has 0 unspecified atom stereocenters. The van der Waals surface area contributed by atoms with Crippen LogP contribution in [-0.2, 0) is 23.6 Å². The zero-order valence-electron chi connectivity index (χ0n) is 18.8. The fourth-order valence-corrected chi connectivity index (χ4v) is 3.12. The molecule has 0 spiro atoms. The van der Waals surface area contributed by atoms with Gasteiger partial charge in [-0.3, -0.25) is 9.78 Å². The average molecular weight is 471 g/mol. The highest BCUT2D eigenvalue weighted by atomic mass is 19.4. The van der Waals surface area contributed by atoms with Crippen LogP contribution in [0.2, 0.25) is 0 Å². The number of rotatable bonds is 5. The smallest absolute Gasteiger partial charge is 0.416 e. The lowest BCUT2D eigenvalue weighted by molar-refractivity contribution is -0.137. The molecule has 2 aromatic heterocycles. The van der Waals surface area contributed by atoms with E-state index in [0.29, 0.717) is 17.9 Å². The maximum Gasteiger partial charge on any atom is 0.416 e. The number of aromatic nitrogens is 2. The Kier molecular flexibility index (Phi) is 7.26. The van der Waals surface area contributed by atoms with Crippen molar-refractivity contribution < 1.29 is 27.8 Å². The Morgan fingerprint density at radius 3 is 2.44 bits per heavy atom. The predicted octanol–water partition coefficient (Wildman–Crippen LogP) is 5.87. The summed E-state index contributed by atoms with van der Waals surface area (Å²) in [5.41, 5.74) is 0.113. The Labute approximate surface area is 194 Å². The van der Waals surface area contributed by atoms with Crippen molar-refractivity contribution in [2.24, 2.45) is 7.05 Å². The second-order valence-corrected chi connectivity index (χ2v) is 8.03. The summed E-state index contributed by atoms with van der Waals surface area (Å²) in [6.45, 7) is 3.41. The molecule has 0 radical (unpaired) electrons. The number of nitrogens with one attached hydrogen (secondary N) is 1. The number of carbonyl (C=O) groups is 1. The average Bonchev–Trinajstić information content (AvgIpc) is 3.14. The van der Waals surface area contributed by atoms with E-state index in [9.17, 15) is 23.1 Å². The van der Waals surface area contributed by atoms with Gasteiger partial charge in [0.15, 0.2) is 0 Å². The molecule has 0 aliphatic rings. The van der Waals surface area contributed by atoms with Crippen molar-refractivity contribution in [3.63, 3.8) is 0 Å². The van der Waals surface area contributed by atoms with E-state index >= 15 is 0 Å². The summed E-state index contributed by atoms with van der Waals surface area (Å²) in [6, 6.07) is 16.0. The molecular formula is C25H24F3N3O3. The fraction of sp³-hybridized carbons (Fsp3) is 0.200. The summed E-state index contributed by atoms with van der Waals surface area (Å²) in [5.74, 6) is 1.43. The van der Waals surface area contributed by atoms with E-state index in [4.69, 9.17) is 4.74 Å². The molecule has 0 aliphatic carbocycles. The first-order valence-corrected chi connectivity index (χ1v) is 10.3. The van der Waals surface area contributed by atoms with Gasteiger partial charge in [-0.2, -0.15) is 13.2 Å². The van der Waals surface area contributed by atoms with Gasteiger partial charge >= 0.3 is 6.18 Å². The summed E-state index contributed by atoms with van der Waals surface area (Å²) in [5, 5.41) is 13.3. The Hall–Kier alpha value is -3.85. The maximum absolute atomic E-state index is 12.1. The summed E-state index contributed by atoms with van der Waals surface area (Å²) in [7, 11) is 2.02. The van der Waals surface area contributed by atoms with Crippen molar-refractivity contribution in [2.75, 3.05) is 5.32 Å². The molecule has 9 heteroatoms. The molecule has 1 amide bonds. The molecule has 0 atom stereocenters. The number of aryl methyl sites for hydroxylation is 1. The largest absolute Gasteiger partial charge is 0.457 e. The van der Waals surface area contributed by atoms with Gasteiger partial charge in [-0.15, -0.1) is 0 Å². The van der Waals surface area contributed by atoms with Crippen LogP contribution in [0.15, 0.2) is 73.1 Å². The minimum Gasteiger partial charge on any atom is -0.457 e. The quantitative estimate of drug-likeness (QED) is 0.357. The van der Waals surface area contributed by atoms with Crippen molar-refractivity contribution >= 4 is 23.0 Å². The highest BCUT2D eigenvalue weighted by molar-refractivity contribution is 5.81. The van der Waals surface area contributed by atoms with Crippen LogP contribution in [0.4, 0.5) is 18.9 Å². The molecule has 2 aromatic carbocycles. The lowest BCUT2D eigenvalue weighted by atomic mass is 10.1. The molecule has 2 N–H and O–H groups in total. The molecule has 0 fully saturated rings. The molecule has 6 nitrogen and oxygen atoms in total. The number of nitrogens with zero attached hydrogens (tertiary/aromatic N) is 2. The van der Waals surface area contributed by atoms with Crippen molar-refractivity contribution in [2.45, 2.75) is 25.6 Å². The number of halogens is 3. The van der Waals surface area contributed by atoms with E-state index in [1.165, 1.54) is 12.1 Å². The number of aliphatic hydroxyl groups is 1. The van der Waals surface area contributed by atoms with Crippen LogP contribution < -0.4 is 10.1 Å². The second kappa shape index (κ2) is 9.96. The van der Waals surface area contributed by atoms with Crippen molar-refractivity contribution in [3.8, 4) is 11.5 Å². The van der Waals surface area contributed by atoms with Crippen LogP contribution in [0.25, 0.3) is 10.9 Å². The zero-order chi connectivity index (χ0) is 24.9. The lowest BCUT2D eigenvalue weighted by Crippen LogP contribution is -2.17. The number of alkyl halides is 3. The van der Waals surface area contributed by atoms with Crippen molar-refractivity contribution in [3.05, 3.63) is 84.3 Å². The third-order valence-corrected chi connectivity index (χ3v) is 4.87. The fourth-order valence-electron chi connectivity index (χ4n) is 3.12. The standard InChI is InChI=1S/C17H18N2O2.C8H6F3NO/c1-17(2,20)16-11-14(6-8-18-16)21-13-4-5-15-12(10-13)7-9-19(15)3;9-8(10,11)6-2-1-3-7(4-6)12-5-13/h4-11,20H,1-3H3;1-5H,(H,12,13). The van der Waals surface area contributed by atoms with Gasteiger partial charge in [-0.25, -0.2) is 0 Å². The Balaban J connectivity index is 0.000000215. The third kappa shape index (κ3) is 6.35. The molecule has 0 saturated carbocycles. The number of pyridine rings is 1. The third-order valence-electron chi connectivity index (χ3n) is 4.87. The minimum atomic E-state index is -4.37. The molecule has 0 saturated heterocycles. The molecule has 2 heterocycles. The van der Waals surface area contributed by atoms with E-state index in [2.05, 4.69) is 20.9 Å². The second-order valence-electron chi connectivity index (χ2n) is 8.03. The van der Waals surface area contributed by atoms with Gasteiger partial charge in [0, 0.05) is 42.1 Å². The van der Waals surface area contributed by atoms with Crippen LogP contribution >= 0.6 is 0 Å². The normalized spacial score (nSPS) is 11.5. The van der Waals surface area contributed by atoms with Gasteiger partial charge in [0.05, 0.1) is 11.3 Å². The SMILES string of the molecule is Cn1ccc2cc(Oc3ccnc(C(C)(C)O)c3)ccc21.O=CNc1cccc(C(F)(F)F)c1. The predicted molar refractivity (Wildman–Crippen MR) is 124 cm³/mol. The number of hydrogen-bond acceptors (Lipinski definition) is 4. The van der Waals surface area contributed by atoms with Gasteiger partial charge < -0.3 is 19.7 Å². The van der Waals surface area contributed by atoms with E-state index in [1.54, 1.807) is 32.2 Å². The first kappa shape index (κ1) is 24.8. The number of hydrogen-bond donors (Lipinski definition) is 2. The van der Waals surface area contributed by atoms with E-state index < -0.39 is 17.3 Å². The first-order chi connectivity index (χ1) is 16.0. The summed E-state index contributed by atoms with van der Waals surface area (Å²) in [6.07, 6.45) is -0.382. The van der Waals surface area contributed by atoms with E-state index in [1.807, 2.05) is 31.4 Å². The zero-order valence-corrected chi connectivity index (χ0v) is 18.8. The molecule has 0 aliphatic heterocycles. The van der Waals surface area contributed by atoms with Gasteiger partial charge in [0.1, 0.15) is 17.1 Å². The van der Waals surface area contributed by atoms with Crippen LogP contribution in [0.5, 0.6) is 11.5 Å². The van der Waals surface area contributed by atoms with E-state index in [-0.39, 0.29) is 5.69 Å². The summed E-state index contributed by atoms with van der Waals surface area (Å²) < 4.78 is 44.2. The molecule has 34 heavy (non-hydrogen) atoms. The number of carbonyl (C=O) groups excluding carboxylic acids is 1. The number of fused-ring (bicyclic) bond motifs is 1. The molecule has 4 aromatic rings. The van der Waals surface area contributed by atoms with Crippen LogP contribution in [0.3, 0.4) is 0 Å². The number of ether oxygens (including phenoxy) is 1. The van der Waals surface area contributed by atoms with Crippen molar-refractivity contribution in [1.29, 1.82) is 0 Å². The molecular weight excluding hydrogens is 447 g/mol. The Bertz CT molecular complexity index is 1280. The monoisotopic (exact) mass is 471 g/mol. The van der Waals surface area contributed by atoms with Crippen LogP contribution in [0, 0.1) is 0 Å². The van der Waals surface area contributed by atoms with Gasteiger partial charge in [-0.05, 0) is 62.4 Å². The van der Waals surface area contributed by atoms with Gasteiger partial charge in [-0.1, -0.05) is 6.07 Å². The Morgan fingerprint density at radius 2 is 1.76 bits per heavy atom. The number of anilines is 1. The highest BCUT2D eigenvalue weighted by Gasteiger charge is 2.30. The minimum absolute atomic E-state index is 0.129. The summed E-state index contributed by atoms with van der Waals surface area (Å²) in [4.78, 5) is 14.1. The lowest BCUT2D eigenvalue weighted by Gasteiger charge is -2.17. The van der Waals surface area contributed by atoms with Crippen molar-refractivity contribution in [1.82, 2.24) is 9.55 Å². The first-order valence-electron chi connectivity index (χ1n) is 10.3. The number of amides is 1. The molecule has 4 rings (SSSR count). The Morgan fingerprint density at radius 1 is 1.03 bits per heavy atom. The van der Waals surface area contributed by atoms with Crippen LogP contribution in [-0.4, -0.2) is 21.1 Å². The topological polar surface area (TPSA) is 76.4 Å². The molecule has 178 valence electrons.